The summed E-state index contributed by atoms with van der Waals surface area (Å²) in [4.78, 5) is 0. The minimum absolute atomic E-state index is 0.701. The molecule has 19 heavy (non-hydrogen) atoms. The molecule has 0 bridgehead atoms. The summed E-state index contributed by atoms with van der Waals surface area (Å²) in [6, 6.07) is 9.51. The van der Waals surface area contributed by atoms with Gasteiger partial charge in [0.2, 0.25) is 0 Å². The van der Waals surface area contributed by atoms with E-state index in [9.17, 15) is 0 Å². The van der Waals surface area contributed by atoms with Gasteiger partial charge in [0, 0.05) is 6.04 Å². The molecule has 1 heteroatoms. The Hall–Kier alpha value is -0.820. The highest BCUT2D eigenvalue weighted by Crippen LogP contribution is 2.31. The first-order valence-corrected chi connectivity index (χ1v) is 7.92. The van der Waals surface area contributed by atoms with Crippen LogP contribution >= 0.6 is 0 Å². The van der Waals surface area contributed by atoms with Crippen LogP contribution < -0.4 is 5.32 Å². The Morgan fingerprint density at radius 1 is 1.16 bits per heavy atom. The Labute approximate surface area is 118 Å². The smallest absolute Gasteiger partial charge is 0.00954 e. The van der Waals surface area contributed by atoms with Gasteiger partial charge in [-0.25, -0.2) is 0 Å². The fourth-order valence-electron chi connectivity index (χ4n) is 3.51. The van der Waals surface area contributed by atoms with E-state index in [2.05, 4.69) is 50.5 Å². The predicted molar refractivity (Wildman–Crippen MR) is 83.5 cm³/mol. The molecular weight excluding hydrogens is 230 g/mol. The molecule has 1 aliphatic rings. The van der Waals surface area contributed by atoms with Crippen LogP contribution in [0.2, 0.25) is 0 Å². The van der Waals surface area contributed by atoms with Crippen molar-refractivity contribution in [3.05, 3.63) is 35.4 Å². The third-order valence-corrected chi connectivity index (χ3v) is 4.99. The number of aryl methyl sites for hydroxylation is 2. The monoisotopic (exact) mass is 259 g/mol. The highest BCUT2D eigenvalue weighted by atomic mass is 14.9. The lowest BCUT2D eigenvalue weighted by atomic mass is 9.78. The first-order valence-electron chi connectivity index (χ1n) is 7.92. The molecule has 1 fully saturated rings. The van der Waals surface area contributed by atoms with Gasteiger partial charge in [-0.05, 0) is 62.6 Å². The van der Waals surface area contributed by atoms with E-state index >= 15 is 0 Å². The molecule has 106 valence electrons. The molecule has 0 saturated heterocycles. The summed E-state index contributed by atoms with van der Waals surface area (Å²) in [5, 5.41) is 3.58. The molecule has 1 saturated carbocycles. The summed E-state index contributed by atoms with van der Waals surface area (Å²) in [6.45, 7) is 4.63. The van der Waals surface area contributed by atoms with E-state index in [1.807, 2.05) is 0 Å². The lowest BCUT2D eigenvalue weighted by Crippen LogP contribution is -2.36. The van der Waals surface area contributed by atoms with Gasteiger partial charge in [0.25, 0.3) is 0 Å². The summed E-state index contributed by atoms with van der Waals surface area (Å²) in [6.07, 6.45) is 8.17. The molecule has 0 heterocycles. The Kier molecular flexibility index (Phi) is 5.45. The summed E-state index contributed by atoms with van der Waals surface area (Å²) >= 11 is 0. The van der Waals surface area contributed by atoms with E-state index in [4.69, 9.17) is 0 Å². The van der Waals surface area contributed by atoms with Gasteiger partial charge in [0.05, 0.1) is 0 Å². The van der Waals surface area contributed by atoms with Crippen molar-refractivity contribution in [3.63, 3.8) is 0 Å². The quantitative estimate of drug-likeness (QED) is 0.829. The molecular formula is C18H29N. The zero-order chi connectivity index (χ0) is 13.7. The third-order valence-electron chi connectivity index (χ3n) is 4.99. The van der Waals surface area contributed by atoms with Gasteiger partial charge in [0.15, 0.2) is 0 Å². The Bertz CT molecular complexity index is 377. The van der Waals surface area contributed by atoms with Crippen molar-refractivity contribution in [1.29, 1.82) is 0 Å². The van der Waals surface area contributed by atoms with E-state index in [-0.39, 0.29) is 0 Å². The zero-order valence-electron chi connectivity index (χ0n) is 12.8. The SMILES string of the molecule is CNC(CCc1ccccc1C)C1CCC(C)CC1. The van der Waals surface area contributed by atoms with E-state index in [0.717, 1.165) is 11.8 Å². The largest absolute Gasteiger partial charge is 0.317 e. The summed E-state index contributed by atoms with van der Waals surface area (Å²) in [5.74, 6) is 1.84. The van der Waals surface area contributed by atoms with Crippen LogP contribution in [0.25, 0.3) is 0 Å². The molecule has 1 aromatic rings. The molecule has 0 aliphatic heterocycles. The van der Waals surface area contributed by atoms with Crippen molar-refractivity contribution in [1.82, 2.24) is 5.32 Å². The third kappa shape index (κ3) is 4.07. The highest BCUT2D eigenvalue weighted by molar-refractivity contribution is 5.25. The second kappa shape index (κ2) is 7.09. The maximum absolute atomic E-state index is 3.58. The molecule has 1 N–H and O–H groups in total. The number of rotatable bonds is 5. The first-order chi connectivity index (χ1) is 9.20. The maximum atomic E-state index is 3.58. The maximum Gasteiger partial charge on any atom is 0.00954 e. The van der Waals surface area contributed by atoms with Crippen molar-refractivity contribution in [2.75, 3.05) is 7.05 Å². The molecule has 1 aliphatic carbocycles. The van der Waals surface area contributed by atoms with Gasteiger partial charge in [-0.15, -0.1) is 0 Å². The van der Waals surface area contributed by atoms with E-state index in [1.54, 1.807) is 0 Å². The fraction of sp³-hybridized carbons (Fsp3) is 0.667. The van der Waals surface area contributed by atoms with Crippen molar-refractivity contribution in [3.8, 4) is 0 Å². The number of nitrogens with one attached hydrogen (secondary N) is 1. The number of hydrogen-bond acceptors (Lipinski definition) is 1. The van der Waals surface area contributed by atoms with Crippen LogP contribution in [-0.4, -0.2) is 13.1 Å². The summed E-state index contributed by atoms with van der Waals surface area (Å²) in [5.41, 5.74) is 2.96. The lowest BCUT2D eigenvalue weighted by molar-refractivity contribution is 0.229. The minimum atomic E-state index is 0.701. The Morgan fingerprint density at radius 3 is 2.47 bits per heavy atom. The molecule has 1 nitrogen and oxygen atoms in total. The van der Waals surface area contributed by atoms with Crippen molar-refractivity contribution >= 4 is 0 Å². The minimum Gasteiger partial charge on any atom is -0.317 e. The fourth-order valence-corrected chi connectivity index (χ4v) is 3.51. The average molecular weight is 259 g/mol. The molecule has 1 atom stereocenters. The first kappa shape index (κ1) is 14.6. The second-order valence-electron chi connectivity index (χ2n) is 6.38. The summed E-state index contributed by atoms with van der Waals surface area (Å²) < 4.78 is 0. The van der Waals surface area contributed by atoms with Crippen LogP contribution in [0.1, 0.15) is 50.2 Å². The Morgan fingerprint density at radius 2 is 1.84 bits per heavy atom. The number of hydrogen-bond donors (Lipinski definition) is 1. The van der Waals surface area contributed by atoms with Gasteiger partial charge in [-0.3, -0.25) is 0 Å². The molecule has 2 rings (SSSR count). The van der Waals surface area contributed by atoms with Gasteiger partial charge in [-0.1, -0.05) is 44.0 Å². The van der Waals surface area contributed by atoms with Crippen LogP contribution in [0.5, 0.6) is 0 Å². The standard InChI is InChI=1S/C18H29N/c1-14-8-10-17(11-9-14)18(19-3)13-12-16-7-5-4-6-15(16)2/h4-7,14,17-19H,8-13H2,1-3H3. The lowest BCUT2D eigenvalue weighted by Gasteiger charge is -2.32. The second-order valence-corrected chi connectivity index (χ2v) is 6.38. The van der Waals surface area contributed by atoms with E-state index < -0.39 is 0 Å². The average Bonchev–Trinajstić information content (AvgIpc) is 2.43. The molecule has 0 amide bonds. The van der Waals surface area contributed by atoms with Crippen LogP contribution in [0.4, 0.5) is 0 Å². The highest BCUT2D eigenvalue weighted by Gasteiger charge is 2.24. The topological polar surface area (TPSA) is 12.0 Å². The van der Waals surface area contributed by atoms with Crippen LogP contribution in [0.3, 0.4) is 0 Å². The van der Waals surface area contributed by atoms with Crippen molar-refractivity contribution < 1.29 is 0 Å². The van der Waals surface area contributed by atoms with Gasteiger partial charge >= 0.3 is 0 Å². The van der Waals surface area contributed by atoms with Crippen molar-refractivity contribution in [2.24, 2.45) is 11.8 Å². The van der Waals surface area contributed by atoms with Gasteiger partial charge in [0.1, 0.15) is 0 Å². The van der Waals surface area contributed by atoms with Gasteiger partial charge in [-0.2, -0.15) is 0 Å². The number of benzene rings is 1. The molecule has 0 radical (unpaired) electrons. The van der Waals surface area contributed by atoms with E-state index in [1.165, 1.54) is 49.7 Å². The van der Waals surface area contributed by atoms with Crippen LogP contribution in [-0.2, 0) is 6.42 Å². The van der Waals surface area contributed by atoms with Crippen molar-refractivity contribution in [2.45, 2.75) is 58.4 Å². The van der Waals surface area contributed by atoms with Crippen LogP contribution in [0, 0.1) is 18.8 Å². The molecule has 1 aromatic carbocycles. The molecule has 0 aromatic heterocycles. The Balaban J connectivity index is 1.87. The van der Waals surface area contributed by atoms with E-state index in [0.29, 0.717) is 6.04 Å². The summed E-state index contributed by atoms with van der Waals surface area (Å²) in [7, 11) is 2.14. The van der Waals surface area contributed by atoms with Crippen LogP contribution in [0.15, 0.2) is 24.3 Å². The van der Waals surface area contributed by atoms with Gasteiger partial charge < -0.3 is 5.32 Å². The molecule has 1 unspecified atom stereocenters. The zero-order valence-corrected chi connectivity index (χ0v) is 12.8. The predicted octanol–water partition coefficient (Wildman–Crippen LogP) is 4.34. The molecule has 0 spiro atoms. The normalized spacial score (nSPS) is 25.2.